The standard InChI is InChI=1S/C12H19N3O/c1-2-8-15-11(6-7-14-15)12(16)9-4-3-5-10(9)13/h6-7,9-10H,2-5,8,13H2,1H3. The maximum atomic E-state index is 12.3. The van der Waals surface area contributed by atoms with Crippen LogP contribution < -0.4 is 5.73 Å². The molecule has 0 amide bonds. The maximum Gasteiger partial charge on any atom is 0.185 e. The van der Waals surface area contributed by atoms with Crippen LogP contribution >= 0.6 is 0 Å². The van der Waals surface area contributed by atoms with Crippen LogP contribution in [0, 0.1) is 5.92 Å². The van der Waals surface area contributed by atoms with Crippen molar-refractivity contribution in [1.29, 1.82) is 0 Å². The van der Waals surface area contributed by atoms with E-state index < -0.39 is 0 Å². The number of aromatic nitrogens is 2. The highest BCUT2D eigenvalue weighted by Crippen LogP contribution is 2.27. The van der Waals surface area contributed by atoms with E-state index >= 15 is 0 Å². The molecule has 2 atom stereocenters. The fraction of sp³-hybridized carbons (Fsp3) is 0.667. The summed E-state index contributed by atoms with van der Waals surface area (Å²) in [6, 6.07) is 1.85. The number of nitrogens with two attached hydrogens (primary N) is 1. The van der Waals surface area contributed by atoms with Crippen molar-refractivity contribution in [3.05, 3.63) is 18.0 Å². The average Bonchev–Trinajstić information content (AvgIpc) is 2.87. The van der Waals surface area contributed by atoms with Gasteiger partial charge in [-0.25, -0.2) is 0 Å². The first-order chi connectivity index (χ1) is 7.74. The van der Waals surface area contributed by atoms with Crippen LogP contribution in [0.5, 0.6) is 0 Å². The topological polar surface area (TPSA) is 60.9 Å². The number of carbonyl (C=O) groups is 1. The Morgan fingerprint density at radius 1 is 1.62 bits per heavy atom. The molecule has 1 saturated carbocycles. The third kappa shape index (κ3) is 2.02. The number of rotatable bonds is 4. The Bertz CT molecular complexity index is 372. The molecule has 4 heteroatoms. The van der Waals surface area contributed by atoms with Crippen LogP contribution in [0.25, 0.3) is 0 Å². The molecule has 0 radical (unpaired) electrons. The van der Waals surface area contributed by atoms with Crippen molar-refractivity contribution in [3.63, 3.8) is 0 Å². The second kappa shape index (κ2) is 4.78. The molecule has 1 heterocycles. The van der Waals surface area contributed by atoms with Gasteiger partial charge < -0.3 is 5.73 Å². The van der Waals surface area contributed by atoms with Gasteiger partial charge in [-0.3, -0.25) is 9.48 Å². The van der Waals surface area contributed by atoms with E-state index in [1.165, 1.54) is 0 Å². The summed E-state index contributed by atoms with van der Waals surface area (Å²) in [4.78, 5) is 12.3. The first-order valence-electron chi connectivity index (χ1n) is 6.05. The molecule has 0 spiro atoms. The van der Waals surface area contributed by atoms with Crippen molar-refractivity contribution in [2.24, 2.45) is 11.7 Å². The van der Waals surface area contributed by atoms with E-state index in [1.54, 1.807) is 10.9 Å². The number of hydrogen-bond donors (Lipinski definition) is 1. The van der Waals surface area contributed by atoms with Gasteiger partial charge in [0.25, 0.3) is 0 Å². The summed E-state index contributed by atoms with van der Waals surface area (Å²) in [6.45, 7) is 2.88. The summed E-state index contributed by atoms with van der Waals surface area (Å²) in [5, 5.41) is 4.18. The van der Waals surface area contributed by atoms with Gasteiger partial charge in [-0.15, -0.1) is 0 Å². The van der Waals surface area contributed by atoms with Crippen molar-refractivity contribution in [1.82, 2.24) is 9.78 Å². The lowest BCUT2D eigenvalue weighted by Crippen LogP contribution is -2.31. The van der Waals surface area contributed by atoms with E-state index in [2.05, 4.69) is 12.0 Å². The number of hydrogen-bond acceptors (Lipinski definition) is 3. The summed E-state index contributed by atoms with van der Waals surface area (Å²) < 4.78 is 1.80. The van der Waals surface area contributed by atoms with Crippen LogP contribution in [0.2, 0.25) is 0 Å². The highest BCUT2D eigenvalue weighted by Gasteiger charge is 2.32. The van der Waals surface area contributed by atoms with Gasteiger partial charge in [0.2, 0.25) is 0 Å². The normalized spacial score (nSPS) is 24.9. The highest BCUT2D eigenvalue weighted by atomic mass is 16.1. The summed E-state index contributed by atoms with van der Waals surface area (Å²) in [6.07, 6.45) is 5.65. The fourth-order valence-corrected chi connectivity index (χ4v) is 2.44. The molecule has 2 N–H and O–H groups in total. The second-order valence-electron chi connectivity index (χ2n) is 4.51. The molecule has 16 heavy (non-hydrogen) atoms. The average molecular weight is 221 g/mol. The number of carbonyl (C=O) groups excluding carboxylic acids is 1. The van der Waals surface area contributed by atoms with Crippen molar-refractivity contribution in [3.8, 4) is 0 Å². The molecule has 1 aliphatic carbocycles. The molecule has 2 rings (SSSR count). The molecule has 88 valence electrons. The zero-order chi connectivity index (χ0) is 11.5. The predicted molar refractivity (Wildman–Crippen MR) is 62.2 cm³/mol. The quantitative estimate of drug-likeness (QED) is 0.786. The van der Waals surface area contributed by atoms with Gasteiger partial charge in [0.1, 0.15) is 5.69 Å². The van der Waals surface area contributed by atoms with Gasteiger partial charge in [-0.1, -0.05) is 13.3 Å². The SMILES string of the molecule is CCCn1nccc1C(=O)C1CCCC1N. The Morgan fingerprint density at radius 2 is 2.44 bits per heavy atom. The Labute approximate surface area is 95.8 Å². The fourth-order valence-electron chi connectivity index (χ4n) is 2.44. The Hall–Kier alpha value is -1.16. The molecular weight excluding hydrogens is 202 g/mol. The van der Waals surface area contributed by atoms with E-state index in [0.29, 0.717) is 0 Å². The van der Waals surface area contributed by atoms with E-state index in [9.17, 15) is 4.79 Å². The first-order valence-corrected chi connectivity index (χ1v) is 6.05. The van der Waals surface area contributed by atoms with Gasteiger partial charge in [-0.05, 0) is 25.3 Å². The summed E-state index contributed by atoms with van der Waals surface area (Å²) in [5.41, 5.74) is 6.69. The minimum Gasteiger partial charge on any atom is -0.327 e. The highest BCUT2D eigenvalue weighted by molar-refractivity contribution is 5.96. The minimum absolute atomic E-state index is 0.00676. The molecule has 1 aromatic rings. The van der Waals surface area contributed by atoms with Crippen LogP contribution in [0.3, 0.4) is 0 Å². The molecular formula is C12H19N3O. The Morgan fingerprint density at radius 3 is 3.06 bits per heavy atom. The molecule has 4 nitrogen and oxygen atoms in total. The zero-order valence-electron chi connectivity index (χ0n) is 9.72. The van der Waals surface area contributed by atoms with Crippen LogP contribution in [0.15, 0.2) is 12.3 Å². The number of Topliss-reactive ketones (excluding diaryl/α,β-unsaturated/α-hetero) is 1. The minimum atomic E-state index is 0.00676. The van der Waals surface area contributed by atoms with Gasteiger partial charge in [-0.2, -0.15) is 5.10 Å². The Kier molecular flexibility index (Phi) is 3.39. The Balaban J connectivity index is 2.16. The summed E-state index contributed by atoms with van der Waals surface area (Å²) >= 11 is 0. The van der Waals surface area contributed by atoms with Crippen LogP contribution in [-0.2, 0) is 6.54 Å². The van der Waals surface area contributed by atoms with Gasteiger partial charge in [0.05, 0.1) is 0 Å². The van der Waals surface area contributed by atoms with Crippen LogP contribution in [0.4, 0.5) is 0 Å². The number of aryl methyl sites for hydroxylation is 1. The van der Waals surface area contributed by atoms with Crippen molar-refractivity contribution < 1.29 is 4.79 Å². The molecule has 0 aromatic carbocycles. The van der Waals surface area contributed by atoms with E-state index in [4.69, 9.17) is 5.73 Å². The summed E-state index contributed by atoms with van der Waals surface area (Å²) in [5.74, 6) is 0.184. The van der Waals surface area contributed by atoms with Crippen LogP contribution in [0.1, 0.15) is 43.1 Å². The molecule has 1 aliphatic rings. The van der Waals surface area contributed by atoms with E-state index in [-0.39, 0.29) is 17.7 Å². The molecule has 0 bridgehead atoms. The number of ketones is 1. The van der Waals surface area contributed by atoms with E-state index in [0.717, 1.165) is 37.9 Å². The number of nitrogens with zero attached hydrogens (tertiary/aromatic N) is 2. The second-order valence-corrected chi connectivity index (χ2v) is 4.51. The lowest BCUT2D eigenvalue weighted by Gasteiger charge is -2.14. The first kappa shape index (κ1) is 11.3. The molecule has 0 saturated heterocycles. The van der Waals surface area contributed by atoms with Crippen LogP contribution in [-0.4, -0.2) is 21.6 Å². The third-order valence-electron chi connectivity index (χ3n) is 3.31. The lowest BCUT2D eigenvalue weighted by atomic mass is 9.96. The summed E-state index contributed by atoms with van der Waals surface area (Å²) in [7, 11) is 0. The monoisotopic (exact) mass is 221 g/mol. The van der Waals surface area contributed by atoms with Gasteiger partial charge >= 0.3 is 0 Å². The largest absolute Gasteiger partial charge is 0.327 e. The van der Waals surface area contributed by atoms with E-state index in [1.807, 2.05) is 6.07 Å². The van der Waals surface area contributed by atoms with Crippen molar-refractivity contribution >= 4 is 5.78 Å². The lowest BCUT2D eigenvalue weighted by molar-refractivity contribution is 0.0902. The molecule has 2 unspecified atom stereocenters. The zero-order valence-corrected chi connectivity index (χ0v) is 9.72. The van der Waals surface area contributed by atoms with Gasteiger partial charge in [0, 0.05) is 24.7 Å². The molecule has 0 aliphatic heterocycles. The molecule has 1 fully saturated rings. The van der Waals surface area contributed by atoms with Gasteiger partial charge in [0.15, 0.2) is 5.78 Å². The maximum absolute atomic E-state index is 12.3. The van der Waals surface area contributed by atoms with Crippen molar-refractivity contribution in [2.45, 2.75) is 45.2 Å². The molecule has 1 aromatic heterocycles. The third-order valence-corrected chi connectivity index (χ3v) is 3.31. The van der Waals surface area contributed by atoms with Crippen molar-refractivity contribution in [2.75, 3.05) is 0 Å². The smallest absolute Gasteiger partial charge is 0.185 e. The predicted octanol–water partition coefficient (Wildman–Crippen LogP) is 1.60.